The number of aryl methyl sites for hydroxylation is 3. The van der Waals surface area contributed by atoms with Gasteiger partial charge in [0, 0.05) is 54.7 Å². The molecule has 0 unspecified atom stereocenters. The molecule has 1 aliphatic heterocycles. The lowest BCUT2D eigenvalue weighted by Gasteiger charge is -2.26. The van der Waals surface area contributed by atoms with E-state index in [2.05, 4.69) is 14.9 Å². The van der Waals surface area contributed by atoms with Gasteiger partial charge >= 0.3 is 0 Å². The Morgan fingerprint density at radius 2 is 1.80 bits per heavy atom. The van der Waals surface area contributed by atoms with Crippen molar-refractivity contribution in [2.45, 2.75) is 31.2 Å². The van der Waals surface area contributed by atoms with Gasteiger partial charge in [-0.3, -0.25) is 19.8 Å². The van der Waals surface area contributed by atoms with Crippen LogP contribution in [0.1, 0.15) is 28.0 Å². The lowest BCUT2D eigenvalue weighted by Crippen LogP contribution is -2.39. The maximum atomic E-state index is 13.6. The first-order valence-corrected chi connectivity index (χ1v) is 16.2. The van der Waals surface area contributed by atoms with E-state index >= 15 is 0 Å². The molecule has 13 heteroatoms. The van der Waals surface area contributed by atoms with E-state index in [1.807, 2.05) is 36.4 Å². The number of fused-ring (bicyclic) bond motifs is 1. The maximum absolute atomic E-state index is 13.6. The third-order valence-corrected chi connectivity index (χ3v) is 9.30. The van der Waals surface area contributed by atoms with Gasteiger partial charge in [-0.15, -0.1) is 0 Å². The Morgan fingerprint density at radius 3 is 2.52 bits per heavy atom. The van der Waals surface area contributed by atoms with Gasteiger partial charge in [0.05, 0.1) is 23.0 Å². The molecule has 44 heavy (non-hydrogen) atoms. The molecule has 1 saturated heterocycles. The molecule has 0 bridgehead atoms. The first kappa shape index (κ1) is 31.5. The number of carbonyl (C=O) groups excluding carboxylic acids is 1. The molecule has 0 aliphatic carbocycles. The summed E-state index contributed by atoms with van der Waals surface area (Å²) in [4.78, 5) is 26.7. The van der Waals surface area contributed by atoms with Crippen LogP contribution in [-0.4, -0.2) is 68.1 Å². The van der Waals surface area contributed by atoms with Crippen molar-refractivity contribution < 1.29 is 22.9 Å². The summed E-state index contributed by atoms with van der Waals surface area (Å²) >= 11 is 6.25. The largest absolute Gasteiger partial charge is 0.379 e. The van der Waals surface area contributed by atoms with E-state index in [0.29, 0.717) is 49.9 Å². The van der Waals surface area contributed by atoms with Crippen molar-refractivity contribution in [1.82, 2.24) is 14.2 Å². The second kappa shape index (κ2) is 13.8. The summed E-state index contributed by atoms with van der Waals surface area (Å²) < 4.78 is 36.1. The number of carbonyl (C=O) groups is 1. The van der Waals surface area contributed by atoms with Crippen LogP contribution in [0.15, 0.2) is 71.6 Å². The molecule has 2 heterocycles. The Hall–Kier alpha value is -3.97. The fourth-order valence-corrected chi connectivity index (χ4v) is 6.63. The lowest BCUT2D eigenvalue weighted by molar-refractivity contribution is -0.384. The fourth-order valence-electron chi connectivity index (χ4n) is 5.49. The summed E-state index contributed by atoms with van der Waals surface area (Å²) in [5.41, 5.74) is 2.47. The number of rotatable bonds is 12. The van der Waals surface area contributed by atoms with Crippen LogP contribution in [0.3, 0.4) is 0 Å². The predicted molar refractivity (Wildman–Crippen MR) is 170 cm³/mol. The zero-order valence-corrected chi connectivity index (χ0v) is 25.9. The van der Waals surface area contributed by atoms with Gasteiger partial charge in [0.15, 0.2) is 0 Å². The van der Waals surface area contributed by atoms with Crippen LogP contribution in [0.4, 0.5) is 11.4 Å². The SMILES string of the molecule is Cc1c(C(=O)NS(=O)(=O)c2ccc(NCCN3CCOCC3)c([N+](=O)[O-])c2)n(CCCc2ccccc2)c2ccc(Cl)cc12. The predicted octanol–water partition coefficient (Wildman–Crippen LogP) is 5.01. The van der Waals surface area contributed by atoms with Gasteiger partial charge in [-0.1, -0.05) is 41.9 Å². The zero-order valence-electron chi connectivity index (χ0n) is 24.3. The van der Waals surface area contributed by atoms with E-state index in [1.54, 1.807) is 23.6 Å². The van der Waals surface area contributed by atoms with E-state index in [0.717, 1.165) is 42.0 Å². The number of nitro benzene ring substituents is 1. The highest BCUT2D eigenvalue weighted by Crippen LogP contribution is 2.31. The number of amides is 1. The number of morpholine rings is 1. The number of anilines is 1. The quantitative estimate of drug-likeness (QED) is 0.163. The van der Waals surface area contributed by atoms with Gasteiger partial charge in [-0.25, -0.2) is 13.1 Å². The van der Waals surface area contributed by atoms with Crippen LogP contribution < -0.4 is 10.0 Å². The normalized spacial score (nSPS) is 14.0. The number of sulfonamides is 1. The fraction of sp³-hybridized carbons (Fsp3) is 0.323. The van der Waals surface area contributed by atoms with Crippen molar-refractivity contribution in [2.75, 3.05) is 44.7 Å². The van der Waals surface area contributed by atoms with Gasteiger partial charge in [0.2, 0.25) is 0 Å². The molecular formula is C31H34ClN5O6S. The van der Waals surface area contributed by atoms with Crippen LogP contribution in [0.2, 0.25) is 5.02 Å². The molecule has 0 saturated carbocycles. The summed E-state index contributed by atoms with van der Waals surface area (Å²) in [5, 5.41) is 16.1. The average molecular weight is 640 g/mol. The Balaban J connectivity index is 1.36. The van der Waals surface area contributed by atoms with Crippen LogP contribution in [0.5, 0.6) is 0 Å². The van der Waals surface area contributed by atoms with Crippen molar-refractivity contribution in [1.29, 1.82) is 0 Å². The van der Waals surface area contributed by atoms with Crippen LogP contribution in [0.25, 0.3) is 10.9 Å². The molecule has 0 radical (unpaired) electrons. The first-order valence-electron chi connectivity index (χ1n) is 14.4. The van der Waals surface area contributed by atoms with Gasteiger partial charge in [0.25, 0.3) is 21.6 Å². The number of nitrogens with zero attached hydrogens (tertiary/aromatic N) is 3. The Kier molecular flexibility index (Phi) is 9.84. The maximum Gasteiger partial charge on any atom is 0.293 e. The molecule has 1 amide bonds. The Labute approximate surface area is 261 Å². The molecule has 2 N–H and O–H groups in total. The first-order chi connectivity index (χ1) is 21.1. The van der Waals surface area contributed by atoms with E-state index in [-0.39, 0.29) is 16.3 Å². The molecule has 11 nitrogen and oxygen atoms in total. The minimum absolute atomic E-state index is 0.190. The van der Waals surface area contributed by atoms with E-state index in [4.69, 9.17) is 16.3 Å². The van der Waals surface area contributed by atoms with E-state index in [1.165, 1.54) is 12.1 Å². The molecular weight excluding hydrogens is 606 g/mol. The number of ether oxygens (including phenoxy) is 1. The smallest absolute Gasteiger partial charge is 0.293 e. The number of nitrogens with one attached hydrogen (secondary N) is 2. The lowest BCUT2D eigenvalue weighted by atomic mass is 10.1. The van der Waals surface area contributed by atoms with Crippen molar-refractivity contribution in [3.05, 3.63) is 98.7 Å². The van der Waals surface area contributed by atoms with Crippen LogP contribution >= 0.6 is 11.6 Å². The van der Waals surface area contributed by atoms with Crippen molar-refractivity contribution in [3.8, 4) is 0 Å². The molecule has 1 aromatic heterocycles. The number of halogens is 1. The van der Waals surface area contributed by atoms with E-state index in [9.17, 15) is 23.3 Å². The monoisotopic (exact) mass is 639 g/mol. The Morgan fingerprint density at radius 1 is 1.05 bits per heavy atom. The molecule has 4 aromatic rings. The number of aromatic nitrogens is 1. The minimum Gasteiger partial charge on any atom is -0.379 e. The topological polar surface area (TPSA) is 136 Å². The molecule has 232 valence electrons. The second-order valence-electron chi connectivity index (χ2n) is 10.6. The summed E-state index contributed by atoms with van der Waals surface area (Å²) in [6, 6.07) is 18.8. The third-order valence-electron chi connectivity index (χ3n) is 7.73. The van der Waals surface area contributed by atoms with Crippen LogP contribution in [-0.2, 0) is 27.7 Å². The molecule has 0 atom stereocenters. The molecule has 3 aromatic carbocycles. The van der Waals surface area contributed by atoms with E-state index < -0.39 is 26.5 Å². The van der Waals surface area contributed by atoms with Crippen molar-refractivity contribution in [2.24, 2.45) is 0 Å². The van der Waals surface area contributed by atoms with Gasteiger partial charge in [-0.05, 0) is 61.2 Å². The molecule has 5 rings (SSSR count). The number of hydrogen-bond acceptors (Lipinski definition) is 8. The number of benzene rings is 3. The average Bonchev–Trinajstić information content (AvgIpc) is 3.28. The highest BCUT2D eigenvalue weighted by molar-refractivity contribution is 7.90. The second-order valence-corrected chi connectivity index (χ2v) is 12.7. The van der Waals surface area contributed by atoms with Crippen LogP contribution in [0, 0.1) is 17.0 Å². The number of hydrogen-bond donors (Lipinski definition) is 2. The van der Waals surface area contributed by atoms with Gasteiger partial charge in [-0.2, -0.15) is 0 Å². The minimum atomic E-state index is -4.45. The highest BCUT2D eigenvalue weighted by Gasteiger charge is 2.27. The van der Waals surface area contributed by atoms with Crippen molar-refractivity contribution >= 4 is 49.8 Å². The zero-order chi connectivity index (χ0) is 31.3. The molecule has 1 fully saturated rings. The third kappa shape index (κ3) is 7.21. The summed E-state index contributed by atoms with van der Waals surface area (Å²) in [5.74, 6) is -0.829. The molecule has 0 spiro atoms. The number of nitro groups is 1. The van der Waals surface area contributed by atoms with Gasteiger partial charge < -0.3 is 14.6 Å². The standard InChI is InChI=1S/C31H34ClN5O6S/c1-22-26-20-24(32)9-12-28(26)36(14-5-8-23-6-3-2-4-7-23)30(22)31(38)34-44(41,42)25-10-11-27(29(21-25)37(39)40)33-13-15-35-16-18-43-19-17-35/h2-4,6-7,9-12,20-21,33H,5,8,13-19H2,1H3,(H,34,38). The summed E-state index contributed by atoms with van der Waals surface area (Å²) in [7, 11) is -4.45. The summed E-state index contributed by atoms with van der Waals surface area (Å²) in [6.07, 6.45) is 1.47. The summed E-state index contributed by atoms with van der Waals surface area (Å²) in [6.45, 7) is 6.12. The molecule has 1 aliphatic rings. The Bertz CT molecular complexity index is 1770. The highest BCUT2D eigenvalue weighted by atomic mass is 35.5. The van der Waals surface area contributed by atoms with Gasteiger partial charge in [0.1, 0.15) is 11.4 Å². The van der Waals surface area contributed by atoms with Crippen molar-refractivity contribution in [3.63, 3.8) is 0 Å².